The van der Waals surface area contributed by atoms with Crippen LogP contribution in [0.2, 0.25) is 0 Å². The molecule has 5 nitrogen and oxygen atoms in total. The number of rotatable bonds is 5. The molecule has 0 aliphatic heterocycles. The van der Waals surface area contributed by atoms with Crippen LogP contribution in [0.15, 0.2) is 72.8 Å². The fourth-order valence-electron chi connectivity index (χ4n) is 3.78. The van der Waals surface area contributed by atoms with Crippen molar-refractivity contribution in [2.75, 3.05) is 6.61 Å². The van der Waals surface area contributed by atoms with E-state index in [4.69, 9.17) is 10.5 Å². The molecule has 5 heteroatoms. The summed E-state index contributed by atoms with van der Waals surface area (Å²) in [4.78, 5) is 23.9. The van der Waals surface area contributed by atoms with Gasteiger partial charge >= 0.3 is 11.9 Å². The van der Waals surface area contributed by atoms with E-state index in [0.29, 0.717) is 0 Å². The minimum absolute atomic E-state index is 0.00325. The van der Waals surface area contributed by atoms with E-state index in [1.54, 1.807) is 12.1 Å². The van der Waals surface area contributed by atoms with E-state index in [9.17, 15) is 14.7 Å². The van der Waals surface area contributed by atoms with Gasteiger partial charge in [0.2, 0.25) is 0 Å². The Morgan fingerprint density at radius 1 is 0.893 bits per heavy atom. The average Bonchev–Trinajstić information content (AvgIpc) is 3.05. The van der Waals surface area contributed by atoms with E-state index in [0.717, 1.165) is 22.3 Å². The van der Waals surface area contributed by atoms with Crippen LogP contribution in [0.4, 0.5) is 0 Å². The first-order valence-electron chi connectivity index (χ1n) is 9.00. The van der Waals surface area contributed by atoms with Crippen LogP contribution in [0.3, 0.4) is 0 Å². The van der Waals surface area contributed by atoms with E-state index < -0.39 is 18.0 Å². The Bertz CT molecular complexity index is 1010. The van der Waals surface area contributed by atoms with Crippen molar-refractivity contribution in [2.24, 2.45) is 5.73 Å². The van der Waals surface area contributed by atoms with E-state index in [1.807, 2.05) is 36.4 Å². The molecule has 0 spiro atoms. The summed E-state index contributed by atoms with van der Waals surface area (Å²) >= 11 is 0. The zero-order chi connectivity index (χ0) is 19.7. The van der Waals surface area contributed by atoms with Crippen LogP contribution in [-0.2, 0) is 9.53 Å². The van der Waals surface area contributed by atoms with E-state index >= 15 is 0 Å². The van der Waals surface area contributed by atoms with Gasteiger partial charge in [-0.25, -0.2) is 9.59 Å². The van der Waals surface area contributed by atoms with Gasteiger partial charge in [-0.05, 0) is 33.9 Å². The van der Waals surface area contributed by atoms with Crippen LogP contribution < -0.4 is 5.73 Å². The largest absolute Gasteiger partial charge is 0.478 e. The van der Waals surface area contributed by atoms with Gasteiger partial charge in [0.15, 0.2) is 0 Å². The third-order valence-corrected chi connectivity index (χ3v) is 5.14. The van der Waals surface area contributed by atoms with Gasteiger partial charge in [0.05, 0.1) is 5.56 Å². The number of carboxylic acids is 1. The Balaban J connectivity index is 1.55. The highest BCUT2D eigenvalue weighted by atomic mass is 16.5. The summed E-state index contributed by atoms with van der Waals surface area (Å²) in [7, 11) is 0. The molecule has 3 N–H and O–H groups in total. The summed E-state index contributed by atoms with van der Waals surface area (Å²) in [6.07, 6.45) is 0. The molecule has 4 rings (SSSR count). The molecule has 0 saturated carbocycles. The third kappa shape index (κ3) is 3.06. The number of ether oxygens (including phenoxy) is 1. The van der Waals surface area contributed by atoms with Gasteiger partial charge in [-0.2, -0.15) is 0 Å². The van der Waals surface area contributed by atoms with Crippen molar-refractivity contribution in [3.8, 4) is 11.1 Å². The summed E-state index contributed by atoms with van der Waals surface area (Å²) in [5.41, 5.74) is 10.8. The zero-order valence-electron chi connectivity index (χ0n) is 15.0. The maximum atomic E-state index is 12.6. The molecule has 1 aliphatic carbocycles. The molecule has 28 heavy (non-hydrogen) atoms. The van der Waals surface area contributed by atoms with Crippen molar-refractivity contribution < 1.29 is 19.4 Å². The molecule has 0 aromatic heterocycles. The number of esters is 1. The highest BCUT2D eigenvalue weighted by Crippen LogP contribution is 2.44. The summed E-state index contributed by atoms with van der Waals surface area (Å²) in [5.74, 6) is -1.84. The minimum Gasteiger partial charge on any atom is -0.478 e. The molecule has 0 fully saturated rings. The van der Waals surface area contributed by atoms with E-state index in [-0.39, 0.29) is 23.7 Å². The number of fused-ring (bicyclic) bond motifs is 3. The second-order valence-corrected chi connectivity index (χ2v) is 6.73. The maximum absolute atomic E-state index is 12.6. The molecule has 3 aromatic carbocycles. The lowest BCUT2D eigenvalue weighted by Crippen LogP contribution is -2.27. The molecule has 3 aromatic rings. The van der Waals surface area contributed by atoms with Crippen LogP contribution in [0, 0.1) is 0 Å². The lowest BCUT2D eigenvalue weighted by molar-refractivity contribution is -0.145. The molecule has 140 valence electrons. The smallest absolute Gasteiger partial charge is 0.336 e. The average molecular weight is 373 g/mol. The van der Waals surface area contributed by atoms with Gasteiger partial charge < -0.3 is 15.6 Å². The quantitative estimate of drug-likeness (QED) is 0.665. The number of hydrogen-bond acceptors (Lipinski definition) is 4. The third-order valence-electron chi connectivity index (χ3n) is 5.14. The Kier molecular flexibility index (Phi) is 4.67. The summed E-state index contributed by atoms with van der Waals surface area (Å²) in [6.45, 7) is 0.149. The topological polar surface area (TPSA) is 89.6 Å². The van der Waals surface area contributed by atoms with Crippen molar-refractivity contribution in [2.45, 2.75) is 12.0 Å². The van der Waals surface area contributed by atoms with Crippen molar-refractivity contribution in [3.05, 3.63) is 95.1 Å². The van der Waals surface area contributed by atoms with Crippen molar-refractivity contribution in [3.63, 3.8) is 0 Å². The molecule has 0 saturated heterocycles. The minimum atomic E-state index is -1.15. The fourth-order valence-corrected chi connectivity index (χ4v) is 3.78. The van der Waals surface area contributed by atoms with Gasteiger partial charge in [0.1, 0.15) is 12.6 Å². The number of carbonyl (C=O) groups is 2. The van der Waals surface area contributed by atoms with Crippen LogP contribution in [-0.4, -0.2) is 23.7 Å². The Labute approximate surface area is 162 Å². The fraction of sp³-hybridized carbons (Fsp3) is 0.130. The molecule has 0 bridgehead atoms. The second kappa shape index (κ2) is 7.29. The molecule has 1 aliphatic rings. The second-order valence-electron chi connectivity index (χ2n) is 6.73. The first-order chi connectivity index (χ1) is 13.6. The Morgan fingerprint density at radius 2 is 1.43 bits per heavy atom. The Hall–Kier alpha value is -3.44. The molecular weight excluding hydrogens is 354 g/mol. The van der Waals surface area contributed by atoms with Crippen LogP contribution in [0.1, 0.15) is 39.0 Å². The van der Waals surface area contributed by atoms with E-state index in [2.05, 4.69) is 12.1 Å². The number of carboxylic acid groups (broad SMARTS) is 1. The Morgan fingerprint density at radius 3 is 2.04 bits per heavy atom. The molecule has 0 heterocycles. The summed E-state index contributed by atoms with van der Waals surface area (Å²) in [5, 5.41) is 9.31. The molecule has 1 atom stereocenters. The number of hydrogen-bond donors (Lipinski definition) is 2. The number of benzene rings is 3. The lowest BCUT2D eigenvalue weighted by Gasteiger charge is -2.17. The van der Waals surface area contributed by atoms with Crippen molar-refractivity contribution in [1.29, 1.82) is 0 Å². The van der Waals surface area contributed by atoms with Crippen LogP contribution in [0.5, 0.6) is 0 Å². The molecular formula is C23H19NO4. The first kappa shape index (κ1) is 17.9. The number of carbonyl (C=O) groups excluding carboxylic acids is 1. The predicted molar refractivity (Wildman–Crippen MR) is 105 cm³/mol. The molecule has 0 amide bonds. The van der Waals surface area contributed by atoms with Gasteiger partial charge in [0, 0.05) is 5.92 Å². The normalized spacial score (nSPS) is 13.5. The maximum Gasteiger partial charge on any atom is 0.336 e. The SMILES string of the molecule is NC(C(=O)OCC1c2ccccc2-c2ccccc21)c1ccccc1C(=O)O. The lowest BCUT2D eigenvalue weighted by atomic mass is 9.98. The van der Waals surface area contributed by atoms with Crippen LogP contribution >= 0.6 is 0 Å². The highest BCUT2D eigenvalue weighted by Gasteiger charge is 2.30. The van der Waals surface area contributed by atoms with Gasteiger partial charge in [-0.15, -0.1) is 0 Å². The van der Waals surface area contributed by atoms with Gasteiger partial charge in [-0.3, -0.25) is 0 Å². The van der Waals surface area contributed by atoms with E-state index in [1.165, 1.54) is 12.1 Å². The predicted octanol–water partition coefficient (Wildman–Crippen LogP) is 3.74. The standard InChI is InChI=1S/C23H19NO4/c24-21(18-11-5-6-12-19(18)22(25)26)23(27)28-13-20-16-9-3-1-7-14(16)15-8-2-4-10-17(15)20/h1-12,20-21H,13,24H2,(H,25,26). The number of aromatic carboxylic acids is 1. The molecule has 0 radical (unpaired) electrons. The van der Waals surface area contributed by atoms with Crippen molar-refractivity contribution >= 4 is 11.9 Å². The van der Waals surface area contributed by atoms with Crippen molar-refractivity contribution in [1.82, 2.24) is 0 Å². The van der Waals surface area contributed by atoms with Gasteiger partial charge in [-0.1, -0.05) is 66.7 Å². The zero-order valence-corrected chi connectivity index (χ0v) is 15.0. The summed E-state index contributed by atoms with van der Waals surface area (Å²) in [6, 6.07) is 21.2. The highest BCUT2D eigenvalue weighted by molar-refractivity contribution is 5.92. The summed E-state index contributed by atoms with van der Waals surface area (Å²) < 4.78 is 5.53. The molecule has 1 unspecified atom stereocenters. The monoisotopic (exact) mass is 373 g/mol. The van der Waals surface area contributed by atoms with Crippen LogP contribution in [0.25, 0.3) is 11.1 Å². The van der Waals surface area contributed by atoms with Gasteiger partial charge in [0.25, 0.3) is 0 Å². The first-order valence-corrected chi connectivity index (χ1v) is 9.00. The number of nitrogens with two attached hydrogens (primary N) is 1.